The molecule has 2 aromatic heterocycles. The normalized spacial score (nSPS) is 12.1. The van der Waals surface area contributed by atoms with Gasteiger partial charge in [-0.1, -0.05) is 41.6 Å². The maximum atomic E-state index is 5.82. The van der Waals surface area contributed by atoms with Crippen molar-refractivity contribution in [3.63, 3.8) is 0 Å². The summed E-state index contributed by atoms with van der Waals surface area (Å²) in [6.45, 7) is 3.98. The van der Waals surface area contributed by atoms with Crippen LogP contribution < -0.4 is 4.74 Å². The summed E-state index contributed by atoms with van der Waals surface area (Å²) in [5.41, 5.74) is 2.81. The van der Waals surface area contributed by atoms with Crippen molar-refractivity contribution in [3.05, 3.63) is 60.0 Å². The van der Waals surface area contributed by atoms with Crippen molar-refractivity contribution in [2.75, 3.05) is 7.11 Å². The third-order valence-electron chi connectivity index (χ3n) is 4.11. The molecule has 2 heterocycles. The third-order valence-corrected chi connectivity index (χ3v) is 5.03. The molecule has 4 aromatic rings. The summed E-state index contributed by atoms with van der Waals surface area (Å²) in [6.07, 6.45) is 0. The number of benzene rings is 2. The Labute approximate surface area is 166 Å². The number of hydrogen-bond donors (Lipinski definition) is 0. The van der Waals surface area contributed by atoms with Crippen LogP contribution in [0.1, 0.15) is 23.6 Å². The van der Waals surface area contributed by atoms with Gasteiger partial charge in [-0.25, -0.2) is 0 Å². The molecule has 0 N–H and O–H groups in total. The van der Waals surface area contributed by atoms with Crippen molar-refractivity contribution < 1.29 is 13.6 Å². The highest BCUT2D eigenvalue weighted by molar-refractivity contribution is 7.99. The molecule has 0 saturated heterocycles. The van der Waals surface area contributed by atoms with Gasteiger partial charge in [0.2, 0.25) is 11.8 Å². The zero-order chi connectivity index (χ0) is 19.5. The number of hydrogen-bond acceptors (Lipinski definition) is 8. The van der Waals surface area contributed by atoms with Gasteiger partial charge in [0.05, 0.1) is 17.9 Å². The minimum atomic E-state index is -0.141. The zero-order valence-electron chi connectivity index (χ0n) is 15.6. The summed E-state index contributed by atoms with van der Waals surface area (Å²) in [5, 5.41) is 16.8. The molecule has 0 aliphatic rings. The third kappa shape index (κ3) is 3.77. The first-order valence-corrected chi connectivity index (χ1v) is 9.56. The van der Waals surface area contributed by atoms with Crippen molar-refractivity contribution in [1.82, 2.24) is 20.4 Å². The van der Waals surface area contributed by atoms with Gasteiger partial charge in [0.25, 0.3) is 11.1 Å². The van der Waals surface area contributed by atoms with E-state index in [9.17, 15) is 0 Å². The Balaban J connectivity index is 1.49. The molecule has 0 bridgehead atoms. The van der Waals surface area contributed by atoms with E-state index < -0.39 is 0 Å². The number of rotatable bonds is 6. The number of aromatic nitrogens is 4. The number of methoxy groups -OCH3 is 1. The number of thioether (sulfide) groups is 1. The lowest BCUT2D eigenvalue weighted by molar-refractivity contribution is 0.411. The second kappa shape index (κ2) is 7.85. The van der Waals surface area contributed by atoms with Crippen LogP contribution in [0.15, 0.2) is 62.6 Å². The summed E-state index contributed by atoms with van der Waals surface area (Å²) in [6, 6.07) is 15.4. The van der Waals surface area contributed by atoms with Gasteiger partial charge in [-0.3, -0.25) is 0 Å². The molecule has 0 spiro atoms. The maximum absolute atomic E-state index is 5.82. The second-order valence-corrected chi connectivity index (χ2v) is 7.44. The van der Waals surface area contributed by atoms with E-state index in [2.05, 4.69) is 20.4 Å². The van der Waals surface area contributed by atoms with Gasteiger partial charge in [-0.15, -0.1) is 20.4 Å². The fourth-order valence-corrected chi connectivity index (χ4v) is 3.31. The van der Waals surface area contributed by atoms with Gasteiger partial charge in [-0.2, -0.15) is 0 Å². The van der Waals surface area contributed by atoms with Crippen LogP contribution in [0, 0.1) is 6.92 Å². The molecule has 2 aromatic carbocycles. The first-order valence-electron chi connectivity index (χ1n) is 8.68. The lowest BCUT2D eigenvalue weighted by atomic mass is 10.1. The molecule has 1 unspecified atom stereocenters. The van der Waals surface area contributed by atoms with Crippen LogP contribution in [-0.2, 0) is 0 Å². The minimum absolute atomic E-state index is 0.141. The number of aryl methyl sites for hydroxylation is 1. The van der Waals surface area contributed by atoms with Crippen LogP contribution in [0.3, 0.4) is 0 Å². The van der Waals surface area contributed by atoms with Gasteiger partial charge in [-0.05, 0) is 38.1 Å². The predicted molar refractivity (Wildman–Crippen MR) is 105 cm³/mol. The highest BCUT2D eigenvalue weighted by Gasteiger charge is 2.20. The average Bonchev–Trinajstić information content (AvgIpc) is 3.38. The van der Waals surface area contributed by atoms with Crippen LogP contribution in [-0.4, -0.2) is 27.5 Å². The van der Waals surface area contributed by atoms with Gasteiger partial charge in [0.15, 0.2) is 0 Å². The number of nitrogens with zero attached hydrogens (tertiary/aromatic N) is 4. The molecule has 0 aliphatic carbocycles. The van der Waals surface area contributed by atoms with Crippen LogP contribution in [0.25, 0.3) is 22.9 Å². The minimum Gasteiger partial charge on any atom is -0.496 e. The van der Waals surface area contributed by atoms with Crippen LogP contribution in [0.2, 0.25) is 0 Å². The molecule has 1 atom stereocenters. The topological polar surface area (TPSA) is 87.1 Å². The fourth-order valence-electron chi connectivity index (χ4n) is 2.60. The Morgan fingerprint density at radius 3 is 2.43 bits per heavy atom. The Hall–Kier alpha value is -3.13. The van der Waals surface area contributed by atoms with Crippen LogP contribution >= 0.6 is 11.8 Å². The molecule has 7 nitrogen and oxygen atoms in total. The number of para-hydroxylation sites is 1. The molecule has 28 heavy (non-hydrogen) atoms. The Kier molecular flexibility index (Phi) is 5.12. The van der Waals surface area contributed by atoms with E-state index in [1.807, 2.05) is 62.4 Å². The fraction of sp³-hybridized carbons (Fsp3) is 0.200. The first-order chi connectivity index (χ1) is 13.6. The SMILES string of the molecule is COc1ccccc1-c1nnc(SC(C)c2nnc(-c3ccc(C)cc3)o2)o1. The van der Waals surface area contributed by atoms with Crippen molar-refractivity contribution in [1.29, 1.82) is 0 Å². The van der Waals surface area contributed by atoms with E-state index >= 15 is 0 Å². The Morgan fingerprint density at radius 2 is 1.64 bits per heavy atom. The van der Waals surface area contributed by atoms with Gasteiger partial charge >= 0.3 is 0 Å². The summed E-state index contributed by atoms with van der Waals surface area (Å²) in [5.74, 6) is 2.06. The van der Waals surface area contributed by atoms with Crippen molar-refractivity contribution in [3.8, 4) is 28.7 Å². The van der Waals surface area contributed by atoms with E-state index in [1.165, 1.54) is 17.3 Å². The quantitative estimate of drug-likeness (QED) is 0.424. The smallest absolute Gasteiger partial charge is 0.277 e. The molecule has 0 saturated carbocycles. The highest BCUT2D eigenvalue weighted by Crippen LogP contribution is 2.36. The Bertz CT molecular complexity index is 1080. The van der Waals surface area contributed by atoms with E-state index in [4.69, 9.17) is 13.6 Å². The van der Waals surface area contributed by atoms with Gasteiger partial charge in [0.1, 0.15) is 5.75 Å². The van der Waals surface area contributed by atoms with E-state index in [0.29, 0.717) is 28.6 Å². The molecule has 4 rings (SSSR count). The summed E-state index contributed by atoms with van der Waals surface area (Å²) < 4.78 is 16.9. The average molecular weight is 394 g/mol. The Morgan fingerprint density at radius 1 is 0.893 bits per heavy atom. The molecular formula is C20H18N4O3S. The predicted octanol–water partition coefficient (Wildman–Crippen LogP) is 4.96. The maximum Gasteiger partial charge on any atom is 0.277 e. The first kappa shape index (κ1) is 18.2. The van der Waals surface area contributed by atoms with Crippen LogP contribution in [0.5, 0.6) is 5.75 Å². The van der Waals surface area contributed by atoms with E-state index in [-0.39, 0.29) is 5.25 Å². The van der Waals surface area contributed by atoms with Crippen molar-refractivity contribution in [2.45, 2.75) is 24.3 Å². The summed E-state index contributed by atoms with van der Waals surface area (Å²) in [7, 11) is 1.61. The van der Waals surface area contributed by atoms with Gasteiger partial charge in [0, 0.05) is 5.56 Å². The van der Waals surface area contributed by atoms with Crippen LogP contribution in [0.4, 0.5) is 0 Å². The zero-order valence-corrected chi connectivity index (χ0v) is 16.4. The second-order valence-electron chi connectivity index (χ2n) is 6.14. The summed E-state index contributed by atoms with van der Waals surface area (Å²) in [4.78, 5) is 0. The molecule has 8 heteroatoms. The molecule has 0 radical (unpaired) electrons. The van der Waals surface area contributed by atoms with E-state index in [1.54, 1.807) is 7.11 Å². The number of ether oxygens (including phenoxy) is 1. The lowest BCUT2D eigenvalue weighted by Gasteiger charge is -2.04. The molecule has 0 amide bonds. The molecule has 0 aliphatic heterocycles. The lowest BCUT2D eigenvalue weighted by Crippen LogP contribution is -1.88. The standard InChI is InChI=1S/C20H18N4O3S/c1-12-8-10-14(11-9-12)18-22-21-17(26-18)13(2)28-20-24-23-19(27-20)15-6-4-5-7-16(15)25-3/h4-11,13H,1-3H3. The van der Waals surface area contributed by atoms with Crippen molar-refractivity contribution >= 4 is 11.8 Å². The van der Waals surface area contributed by atoms with Gasteiger partial charge < -0.3 is 13.6 Å². The highest BCUT2D eigenvalue weighted by atomic mass is 32.2. The molecular weight excluding hydrogens is 376 g/mol. The summed E-state index contributed by atoms with van der Waals surface area (Å²) >= 11 is 1.36. The van der Waals surface area contributed by atoms with E-state index in [0.717, 1.165) is 11.1 Å². The molecule has 142 valence electrons. The largest absolute Gasteiger partial charge is 0.496 e. The van der Waals surface area contributed by atoms with Crippen molar-refractivity contribution in [2.24, 2.45) is 0 Å². The monoisotopic (exact) mass is 394 g/mol. The molecule has 0 fully saturated rings.